The van der Waals surface area contributed by atoms with Crippen molar-refractivity contribution >= 4 is 5.69 Å². The van der Waals surface area contributed by atoms with Crippen molar-refractivity contribution < 1.29 is 4.39 Å². The lowest BCUT2D eigenvalue weighted by Gasteiger charge is -2.03. The Labute approximate surface area is 80.2 Å². The number of nitrogens with zero attached hydrogens (tertiary/aromatic N) is 3. The molecular weight excluding hydrogens is 183 g/mol. The minimum absolute atomic E-state index is 0.131. The molecule has 1 heterocycles. The monoisotopic (exact) mass is 192 g/mol. The maximum absolute atomic E-state index is 13.1. The second kappa shape index (κ2) is 3.10. The normalized spacial score (nSPS) is 10.4. The third kappa shape index (κ3) is 1.32. The molecule has 0 aliphatic rings. The van der Waals surface area contributed by atoms with Gasteiger partial charge < -0.3 is 5.73 Å². The summed E-state index contributed by atoms with van der Waals surface area (Å²) in [6, 6.07) is 4.53. The zero-order valence-electron chi connectivity index (χ0n) is 7.61. The molecule has 0 fully saturated rings. The fraction of sp³-hybridized carbons (Fsp3) is 0.111. The Kier molecular flexibility index (Phi) is 1.92. The zero-order chi connectivity index (χ0) is 10.1. The minimum Gasteiger partial charge on any atom is -0.396 e. The fourth-order valence-electron chi connectivity index (χ4n) is 1.20. The van der Waals surface area contributed by atoms with E-state index < -0.39 is 5.82 Å². The molecule has 2 aromatic rings. The summed E-state index contributed by atoms with van der Waals surface area (Å²) in [6.45, 7) is 1.79. The lowest BCUT2D eigenvalue weighted by molar-refractivity contribution is 0.629. The largest absolute Gasteiger partial charge is 0.396 e. The summed E-state index contributed by atoms with van der Waals surface area (Å²) in [7, 11) is 0. The van der Waals surface area contributed by atoms with Crippen LogP contribution in [-0.2, 0) is 0 Å². The fourth-order valence-corrected chi connectivity index (χ4v) is 1.20. The van der Waals surface area contributed by atoms with E-state index in [1.165, 1.54) is 18.5 Å². The third-order valence-corrected chi connectivity index (χ3v) is 1.95. The van der Waals surface area contributed by atoms with E-state index in [0.717, 1.165) is 0 Å². The Bertz CT molecular complexity index is 464. The highest BCUT2D eigenvalue weighted by Gasteiger charge is 2.04. The molecule has 0 saturated heterocycles. The Hall–Kier alpha value is -1.91. The maximum atomic E-state index is 13.1. The first kappa shape index (κ1) is 8.68. The molecular formula is C9H9FN4. The van der Waals surface area contributed by atoms with Gasteiger partial charge in [0.15, 0.2) is 0 Å². The molecule has 0 bridgehead atoms. The average Bonchev–Trinajstić information content (AvgIpc) is 2.57. The number of halogens is 1. The zero-order valence-corrected chi connectivity index (χ0v) is 7.61. The first-order valence-corrected chi connectivity index (χ1v) is 4.10. The molecule has 0 spiro atoms. The second-order valence-corrected chi connectivity index (χ2v) is 2.92. The number of aryl methyl sites for hydroxylation is 1. The van der Waals surface area contributed by atoms with Crippen LogP contribution in [0.2, 0.25) is 0 Å². The number of hydrogen-bond donors (Lipinski definition) is 1. The van der Waals surface area contributed by atoms with Gasteiger partial charge in [-0.15, -0.1) is 0 Å². The van der Waals surface area contributed by atoms with Crippen molar-refractivity contribution in [1.29, 1.82) is 0 Å². The van der Waals surface area contributed by atoms with Gasteiger partial charge in [-0.1, -0.05) is 0 Å². The molecule has 5 heteroatoms. The van der Waals surface area contributed by atoms with Gasteiger partial charge in [0.1, 0.15) is 18.0 Å². The van der Waals surface area contributed by atoms with Crippen LogP contribution < -0.4 is 5.73 Å². The van der Waals surface area contributed by atoms with Gasteiger partial charge in [0.2, 0.25) is 0 Å². The average molecular weight is 192 g/mol. The predicted octanol–water partition coefficient (Wildman–Crippen LogP) is 1.30. The van der Waals surface area contributed by atoms with E-state index in [1.54, 1.807) is 17.7 Å². The van der Waals surface area contributed by atoms with E-state index >= 15 is 0 Å². The quantitative estimate of drug-likeness (QED) is 0.693. The van der Waals surface area contributed by atoms with Gasteiger partial charge in [0.25, 0.3) is 0 Å². The van der Waals surface area contributed by atoms with Crippen molar-refractivity contribution in [3.63, 3.8) is 0 Å². The van der Waals surface area contributed by atoms with Crippen LogP contribution in [0.3, 0.4) is 0 Å². The first-order valence-electron chi connectivity index (χ1n) is 4.10. The lowest BCUT2D eigenvalue weighted by atomic mass is 10.3. The molecule has 0 aliphatic heterocycles. The van der Waals surface area contributed by atoms with Crippen molar-refractivity contribution in [2.75, 3.05) is 5.73 Å². The summed E-state index contributed by atoms with van der Waals surface area (Å²) < 4.78 is 14.7. The highest BCUT2D eigenvalue weighted by Crippen LogP contribution is 2.15. The van der Waals surface area contributed by atoms with Crippen molar-refractivity contribution in [3.8, 4) is 5.69 Å². The highest BCUT2D eigenvalue weighted by atomic mass is 19.1. The molecule has 14 heavy (non-hydrogen) atoms. The van der Waals surface area contributed by atoms with Gasteiger partial charge >= 0.3 is 0 Å². The molecule has 72 valence electrons. The van der Waals surface area contributed by atoms with E-state index in [0.29, 0.717) is 11.5 Å². The third-order valence-electron chi connectivity index (χ3n) is 1.95. The van der Waals surface area contributed by atoms with Gasteiger partial charge in [-0.2, -0.15) is 5.10 Å². The van der Waals surface area contributed by atoms with Crippen LogP contribution in [0.15, 0.2) is 24.5 Å². The number of hydrogen-bond acceptors (Lipinski definition) is 3. The van der Waals surface area contributed by atoms with Crippen LogP contribution in [0.4, 0.5) is 10.1 Å². The number of aromatic nitrogens is 3. The van der Waals surface area contributed by atoms with Crippen LogP contribution in [0.1, 0.15) is 5.82 Å². The van der Waals surface area contributed by atoms with E-state index in [-0.39, 0.29) is 5.69 Å². The molecule has 0 atom stereocenters. The molecule has 0 saturated carbocycles. The summed E-state index contributed by atoms with van der Waals surface area (Å²) in [5.74, 6) is 0.256. The molecule has 0 radical (unpaired) electrons. The molecule has 2 N–H and O–H groups in total. The molecule has 4 nitrogen and oxygen atoms in total. The molecule has 1 aromatic carbocycles. The van der Waals surface area contributed by atoms with Gasteiger partial charge in [-0.05, 0) is 19.1 Å². The summed E-state index contributed by atoms with van der Waals surface area (Å²) in [6.07, 6.45) is 1.42. The standard InChI is InChI=1S/C9H9FN4/c1-6-12-5-13-14(6)7-2-3-9(11)8(10)4-7/h2-5H,11H2,1H3. The number of anilines is 1. The van der Waals surface area contributed by atoms with Gasteiger partial charge in [0, 0.05) is 6.07 Å². The Morgan fingerprint density at radius 1 is 1.43 bits per heavy atom. The number of nitrogens with two attached hydrogens (primary N) is 1. The van der Waals surface area contributed by atoms with Crippen LogP contribution in [-0.4, -0.2) is 14.8 Å². The number of nitrogen functional groups attached to an aromatic ring is 1. The number of benzene rings is 1. The SMILES string of the molecule is Cc1ncnn1-c1ccc(N)c(F)c1. The maximum Gasteiger partial charge on any atom is 0.148 e. The summed E-state index contributed by atoms with van der Waals surface area (Å²) >= 11 is 0. The van der Waals surface area contributed by atoms with Crippen molar-refractivity contribution in [2.24, 2.45) is 0 Å². The van der Waals surface area contributed by atoms with Gasteiger partial charge in [-0.25, -0.2) is 14.1 Å². The van der Waals surface area contributed by atoms with Gasteiger partial charge in [0.05, 0.1) is 11.4 Å². The summed E-state index contributed by atoms with van der Waals surface area (Å²) in [5, 5.41) is 3.95. The Morgan fingerprint density at radius 2 is 2.21 bits per heavy atom. The van der Waals surface area contributed by atoms with Crippen molar-refractivity contribution in [2.45, 2.75) is 6.92 Å². The molecule has 0 aliphatic carbocycles. The van der Waals surface area contributed by atoms with Crippen LogP contribution in [0.25, 0.3) is 5.69 Å². The van der Waals surface area contributed by atoms with Gasteiger partial charge in [-0.3, -0.25) is 0 Å². The van der Waals surface area contributed by atoms with Crippen LogP contribution in [0.5, 0.6) is 0 Å². The highest BCUT2D eigenvalue weighted by molar-refractivity contribution is 5.46. The smallest absolute Gasteiger partial charge is 0.148 e. The van der Waals surface area contributed by atoms with Crippen molar-refractivity contribution in [3.05, 3.63) is 36.2 Å². The van der Waals surface area contributed by atoms with E-state index in [2.05, 4.69) is 10.1 Å². The topological polar surface area (TPSA) is 56.7 Å². The summed E-state index contributed by atoms with van der Waals surface area (Å²) in [5.41, 5.74) is 6.11. The van der Waals surface area contributed by atoms with Crippen LogP contribution >= 0.6 is 0 Å². The Morgan fingerprint density at radius 3 is 2.79 bits per heavy atom. The van der Waals surface area contributed by atoms with E-state index in [1.807, 2.05) is 0 Å². The molecule has 2 rings (SSSR count). The first-order chi connectivity index (χ1) is 6.68. The molecule has 0 amide bonds. The molecule has 1 aromatic heterocycles. The number of rotatable bonds is 1. The lowest BCUT2D eigenvalue weighted by Crippen LogP contribution is -2.00. The summed E-state index contributed by atoms with van der Waals surface area (Å²) in [4.78, 5) is 3.94. The van der Waals surface area contributed by atoms with Crippen molar-refractivity contribution in [1.82, 2.24) is 14.8 Å². The minimum atomic E-state index is -0.447. The second-order valence-electron chi connectivity index (χ2n) is 2.92. The predicted molar refractivity (Wildman–Crippen MR) is 50.5 cm³/mol. The molecule has 0 unspecified atom stereocenters. The Balaban J connectivity index is 2.53. The van der Waals surface area contributed by atoms with Crippen LogP contribution in [0, 0.1) is 12.7 Å². The van der Waals surface area contributed by atoms with E-state index in [4.69, 9.17) is 5.73 Å². The van der Waals surface area contributed by atoms with E-state index in [9.17, 15) is 4.39 Å².